The lowest BCUT2D eigenvalue weighted by Crippen LogP contribution is -2.55. The predicted molar refractivity (Wildman–Crippen MR) is 89.5 cm³/mol. The number of nitrogens with one attached hydrogen (secondary N) is 1. The van der Waals surface area contributed by atoms with E-state index in [0.29, 0.717) is 25.9 Å². The topological polar surface area (TPSA) is 82.5 Å². The molecular weight excluding hydrogens is 314 g/mol. The molecule has 3 rings (SSSR count). The molecule has 124 valence electrons. The molecule has 6 nitrogen and oxygen atoms in total. The lowest BCUT2D eigenvalue weighted by Gasteiger charge is -2.41. The van der Waals surface area contributed by atoms with Crippen LogP contribution in [0.25, 0.3) is 0 Å². The van der Waals surface area contributed by atoms with E-state index in [9.17, 15) is 14.7 Å². The number of hydrogen-bond acceptors (Lipinski definition) is 5. The van der Waals surface area contributed by atoms with Crippen molar-refractivity contribution in [2.75, 3.05) is 24.2 Å². The molecule has 2 aliphatic rings. The number of rotatable bonds is 4. The summed E-state index contributed by atoms with van der Waals surface area (Å²) in [6.45, 7) is 1.41. The Balaban J connectivity index is 1.68. The van der Waals surface area contributed by atoms with Gasteiger partial charge in [0.2, 0.25) is 5.91 Å². The first kappa shape index (κ1) is 16.1. The van der Waals surface area contributed by atoms with E-state index in [4.69, 9.17) is 0 Å². The number of carbonyl (C=O) groups excluding carboxylic acids is 1. The Kier molecular flexibility index (Phi) is 4.48. The summed E-state index contributed by atoms with van der Waals surface area (Å²) in [7, 11) is 0. The molecule has 0 aliphatic carbocycles. The zero-order valence-corrected chi connectivity index (χ0v) is 13.9. The van der Waals surface area contributed by atoms with Crippen LogP contribution < -0.4 is 10.2 Å². The third kappa shape index (κ3) is 3.15. The number of thioether (sulfide) groups is 1. The number of carboxylic acid groups (broad SMARTS) is 1. The summed E-state index contributed by atoms with van der Waals surface area (Å²) in [5, 5.41) is 12.3. The number of piperidine rings is 1. The molecule has 1 aromatic rings. The van der Waals surface area contributed by atoms with E-state index in [2.05, 4.69) is 27.5 Å². The van der Waals surface area contributed by atoms with Gasteiger partial charge in [0, 0.05) is 31.5 Å². The minimum atomic E-state index is -0.878. The summed E-state index contributed by atoms with van der Waals surface area (Å²) in [6.07, 6.45) is 5.34. The van der Waals surface area contributed by atoms with Crippen LogP contribution in [0.3, 0.4) is 0 Å². The van der Waals surface area contributed by atoms with E-state index in [-0.39, 0.29) is 12.3 Å². The van der Waals surface area contributed by atoms with Crippen molar-refractivity contribution in [2.24, 2.45) is 5.92 Å². The Morgan fingerprint density at radius 3 is 2.78 bits per heavy atom. The van der Waals surface area contributed by atoms with Gasteiger partial charge in [0.1, 0.15) is 5.82 Å². The molecule has 2 fully saturated rings. The number of aromatic nitrogens is 1. The number of anilines is 1. The fourth-order valence-electron chi connectivity index (χ4n) is 3.58. The Morgan fingerprint density at radius 2 is 2.22 bits per heavy atom. The maximum atomic E-state index is 11.7. The van der Waals surface area contributed by atoms with Crippen LogP contribution in [0.5, 0.6) is 0 Å². The van der Waals surface area contributed by atoms with E-state index < -0.39 is 17.4 Å². The molecule has 1 spiro atoms. The van der Waals surface area contributed by atoms with Gasteiger partial charge in [-0.1, -0.05) is 6.07 Å². The van der Waals surface area contributed by atoms with Crippen molar-refractivity contribution in [1.82, 2.24) is 10.3 Å². The normalized spacial score (nSPS) is 23.1. The summed E-state index contributed by atoms with van der Waals surface area (Å²) >= 11 is 1.76. The van der Waals surface area contributed by atoms with Gasteiger partial charge in [0.25, 0.3) is 0 Å². The third-order valence-corrected chi connectivity index (χ3v) is 5.46. The van der Waals surface area contributed by atoms with E-state index in [0.717, 1.165) is 11.6 Å². The van der Waals surface area contributed by atoms with Crippen LogP contribution in [0.15, 0.2) is 18.3 Å². The van der Waals surface area contributed by atoms with Gasteiger partial charge < -0.3 is 15.3 Å². The highest BCUT2D eigenvalue weighted by atomic mass is 32.2. The smallest absolute Gasteiger partial charge is 0.309 e. The maximum absolute atomic E-state index is 11.7. The van der Waals surface area contributed by atoms with Gasteiger partial charge in [-0.05, 0) is 30.7 Å². The summed E-state index contributed by atoms with van der Waals surface area (Å²) in [5.74, 6) is 0.222. The summed E-state index contributed by atoms with van der Waals surface area (Å²) in [4.78, 5) is 29.8. The number of amides is 1. The van der Waals surface area contributed by atoms with Crippen molar-refractivity contribution < 1.29 is 14.7 Å². The number of pyridine rings is 1. The molecule has 7 heteroatoms. The average Bonchev–Trinajstić information content (AvgIpc) is 2.86. The molecule has 0 radical (unpaired) electrons. The Labute approximate surface area is 139 Å². The molecule has 0 aromatic carbocycles. The van der Waals surface area contributed by atoms with Gasteiger partial charge in [-0.25, -0.2) is 4.98 Å². The average molecular weight is 335 g/mol. The second-order valence-electron chi connectivity index (χ2n) is 6.24. The number of nitrogens with zero attached hydrogens (tertiary/aromatic N) is 2. The van der Waals surface area contributed by atoms with Crippen LogP contribution in [-0.2, 0) is 15.3 Å². The Bertz CT molecular complexity index is 597. The van der Waals surface area contributed by atoms with Crippen LogP contribution in [0, 0.1) is 5.92 Å². The molecule has 1 atom stereocenters. The van der Waals surface area contributed by atoms with Gasteiger partial charge in [-0.2, -0.15) is 11.8 Å². The highest BCUT2D eigenvalue weighted by Gasteiger charge is 2.51. The summed E-state index contributed by atoms with van der Waals surface area (Å²) in [6, 6.07) is 4.10. The van der Waals surface area contributed by atoms with Crippen LogP contribution in [-0.4, -0.2) is 46.9 Å². The molecule has 0 saturated carbocycles. The zero-order chi connectivity index (χ0) is 16.4. The predicted octanol–water partition coefficient (Wildman–Crippen LogP) is 1.50. The van der Waals surface area contributed by atoms with Crippen molar-refractivity contribution in [3.05, 3.63) is 23.9 Å². The standard InChI is InChI=1S/C16H21N3O3S/c1-23-10-11-2-3-13(17-9-11)19-6-4-16(5-7-19)12(15(21)22)8-14(20)18-16/h2-3,9,12H,4-8,10H2,1H3,(H,18,20)(H,21,22)/t12-/m0/s1. The van der Waals surface area contributed by atoms with Crippen LogP contribution >= 0.6 is 11.8 Å². The van der Waals surface area contributed by atoms with Crippen LogP contribution in [0.1, 0.15) is 24.8 Å². The first-order valence-corrected chi connectivity index (χ1v) is 9.16. The van der Waals surface area contributed by atoms with Gasteiger partial charge in [0.15, 0.2) is 0 Å². The van der Waals surface area contributed by atoms with Crippen LogP contribution in [0.4, 0.5) is 5.82 Å². The molecule has 0 unspecified atom stereocenters. The van der Waals surface area contributed by atoms with E-state index in [1.165, 1.54) is 5.56 Å². The van der Waals surface area contributed by atoms with Crippen molar-refractivity contribution >= 4 is 29.5 Å². The lowest BCUT2D eigenvalue weighted by molar-refractivity contribution is -0.144. The molecule has 1 aromatic heterocycles. The molecule has 23 heavy (non-hydrogen) atoms. The fourth-order valence-corrected chi connectivity index (χ4v) is 4.09. The number of carboxylic acids is 1. The molecule has 2 aliphatic heterocycles. The van der Waals surface area contributed by atoms with Gasteiger partial charge in [-0.15, -0.1) is 0 Å². The van der Waals surface area contributed by atoms with Crippen molar-refractivity contribution in [2.45, 2.75) is 30.6 Å². The van der Waals surface area contributed by atoms with Gasteiger partial charge in [0.05, 0.1) is 11.5 Å². The second kappa shape index (κ2) is 6.39. The largest absolute Gasteiger partial charge is 0.481 e. The summed E-state index contributed by atoms with van der Waals surface area (Å²) < 4.78 is 0. The van der Waals surface area contributed by atoms with Crippen molar-refractivity contribution in [1.29, 1.82) is 0 Å². The highest BCUT2D eigenvalue weighted by molar-refractivity contribution is 7.97. The fraction of sp³-hybridized carbons (Fsp3) is 0.562. The first-order valence-electron chi connectivity index (χ1n) is 7.77. The zero-order valence-electron chi connectivity index (χ0n) is 13.1. The lowest BCUT2D eigenvalue weighted by atomic mass is 9.78. The maximum Gasteiger partial charge on any atom is 0.309 e. The minimum Gasteiger partial charge on any atom is -0.481 e. The number of hydrogen-bond donors (Lipinski definition) is 2. The Hall–Kier alpha value is -1.76. The Morgan fingerprint density at radius 1 is 1.48 bits per heavy atom. The van der Waals surface area contributed by atoms with E-state index in [1.807, 2.05) is 12.3 Å². The van der Waals surface area contributed by atoms with Gasteiger partial charge >= 0.3 is 5.97 Å². The summed E-state index contributed by atoms with van der Waals surface area (Å²) in [5.41, 5.74) is 0.613. The number of aliphatic carboxylic acids is 1. The van der Waals surface area contributed by atoms with Crippen molar-refractivity contribution in [3.8, 4) is 0 Å². The van der Waals surface area contributed by atoms with E-state index >= 15 is 0 Å². The molecule has 0 bridgehead atoms. The monoisotopic (exact) mass is 335 g/mol. The first-order chi connectivity index (χ1) is 11.0. The molecular formula is C16H21N3O3S. The third-order valence-electron chi connectivity index (χ3n) is 4.84. The SMILES string of the molecule is CSCc1ccc(N2CCC3(CC2)NC(=O)C[C@H]3C(=O)O)nc1. The molecule has 2 saturated heterocycles. The van der Waals surface area contributed by atoms with E-state index in [1.54, 1.807) is 11.8 Å². The quantitative estimate of drug-likeness (QED) is 0.868. The van der Waals surface area contributed by atoms with Crippen LogP contribution in [0.2, 0.25) is 0 Å². The minimum absolute atomic E-state index is 0.0942. The molecule has 2 N–H and O–H groups in total. The van der Waals surface area contributed by atoms with Crippen molar-refractivity contribution in [3.63, 3.8) is 0 Å². The molecule has 1 amide bonds. The molecule has 3 heterocycles. The van der Waals surface area contributed by atoms with Gasteiger partial charge in [-0.3, -0.25) is 9.59 Å². The number of carbonyl (C=O) groups is 2. The second-order valence-corrected chi connectivity index (χ2v) is 7.11. The highest BCUT2D eigenvalue weighted by Crippen LogP contribution is 2.37.